The van der Waals surface area contributed by atoms with Crippen LogP contribution in [0.15, 0.2) is 36.4 Å². The van der Waals surface area contributed by atoms with Crippen molar-refractivity contribution in [3.63, 3.8) is 0 Å². The van der Waals surface area contributed by atoms with Gasteiger partial charge in [-0.25, -0.2) is 0 Å². The van der Waals surface area contributed by atoms with Gasteiger partial charge in [-0.15, -0.1) is 0 Å². The van der Waals surface area contributed by atoms with Crippen LogP contribution in [0.3, 0.4) is 0 Å². The van der Waals surface area contributed by atoms with Crippen LogP contribution in [0, 0.1) is 5.92 Å². The molecule has 5 rings (SSSR count). The van der Waals surface area contributed by atoms with E-state index in [0.717, 1.165) is 42.4 Å². The molecule has 1 aliphatic heterocycles. The number of carbonyl (C=O) groups is 1. The monoisotopic (exact) mass is 318 g/mol. The van der Waals surface area contributed by atoms with Crippen LogP contribution in [0.25, 0.3) is 22.0 Å². The zero-order chi connectivity index (χ0) is 16.1. The third-order valence-corrected chi connectivity index (χ3v) is 4.92. The maximum atomic E-state index is 12.0. The Morgan fingerprint density at radius 3 is 2.71 bits per heavy atom. The summed E-state index contributed by atoms with van der Waals surface area (Å²) in [6.07, 6.45) is 1.98. The van der Waals surface area contributed by atoms with Crippen LogP contribution < -0.4 is 10.6 Å². The van der Waals surface area contributed by atoms with Crippen LogP contribution >= 0.6 is 0 Å². The predicted octanol–water partition coefficient (Wildman–Crippen LogP) is 3.18. The lowest BCUT2D eigenvalue weighted by Gasteiger charge is -2.06. The summed E-state index contributed by atoms with van der Waals surface area (Å²) in [5.41, 5.74) is 6.01. The molecule has 0 radical (unpaired) electrons. The fraction of sp³-hybridized carbons (Fsp3) is 0.263. The molecule has 120 valence electrons. The molecule has 1 fully saturated rings. The summed E-state index contributed by atoms with van der Waals surface area (Å²) in [4.78, 5) is 12.0. The Hall–Kier alpha value is -2.66. The van der Waals surface area contributed by atoms with Crippen molar-refractivity contribution in [3.8, 4) is 11.1 Å². The Morgan fingerprint density at radius 2 is 1.83 bits per heavy atom. The van der Waals surface area contributed by atoms with Gasteiger partial charge in [0.05, 0.1) is 5.52 Å². The Kier molecular flexibility index (Phi) is 2.97. The number of rotatable bonds is 3. The fourth-order valence-electron chi connectivity index (χ4n) is 3.33. The largest absolute Gasteiger partial charge is 0.309 e. The number of aromatic amines is 1. The van der Waals surface area contributed by atoms with Gasteiger partial charge in [0.15, 0.2) is 5.82 Å². The molecule has 0 atom stereocenters. The van der Waals surface area contributed by atoms with E-state index in [0.29, 0.717) is 5.82 Å². The number of benzene rings is 2. The lowest BCUT2D eigenvalue weighted by Crippen LogP contribution is -2.13. The van der Waals surface area contributed by atoms with Gasteiger partial charge in [-0.1, -0.05) is 18.2 Å². The van der Waals surface area contributed by atoms with E-state index < -0.39 is 0 Å². The number of H-pyrrole nitrogens is 1. The Bertz CT molecular complexity index is 955. The lowest BCUT2D eigenvalue weighted by molar-refractivity contribution is -0.117. The van der Waals surface area contributed by atoms with Gasteiger partial charge < -0.3 is 10.6 Å². The summed E-state index contributed by atoms with van der Waals surface area (Å²) in [5.74, 6) is 0.883. The van der Waals surface area contributed by atoms with Gasteiger partial charge in [-0.05, 0) is 53.3 Å². The highest BCUT2D eigenvalue weighted by atomic mass is 16.2. The third kappa shape index (κ3) is 2.29. The van der Waals surface area contributed by atoms with Gasteiger partial charge in [0.2, 0.25) is 5.91 Å². The summed E-state index contributed by atoms with van der Waals surface area (Å²) in [5, 5.41) is 14.6. The molecule has 5 nitrogen and oxygen atoms in total. The summed E-state index contributed by atoms with van der Waals surface area (Å²) in [6, 6.07) is 12.8. The van der Waals surface area contributed by atoms with Crippen molar-refractivity contribution in [2.24, 2.45) is 5.92 Å². The minimum absolute atomic E-state index is 0.0809. The Morgan fingerprint density at radius 1 is 1.04 bits per heavy atom. The summed E-state index contributed by atoms with van der Waals surface area (Å²) in [6.45, 7) is 1.88. The number of hydrogen-bond acceptors (Lipinski definition) is 3. The Labute approximate surface area is 139 Å². The quantitative estimate of drug-likeness (QED) is 0.694. The molecule has 2 heterocycles. The molecule has 0 bridgehead atoms. The number of carbonyl (C=O) groups excluding carboxylic acids is 1. The summed E-state index contributed by atoms with van der Waals surface area (Å²) >= 11 is 0. The van der Waals surface area contributed by atoms with Crippen LogP contribution in [0.5, 0.6) is 0 Å². The van der Waals surface area contributed by atoms with Crippen LogP contribution in [0.2, 0.25) is 0 Å². The second kappa shape index (κ2) is 5.18. The zero-order valence-corrected chi connectivity index (χ0v) is 13.2. The highest BCUT2D eigenvalue weighted by molar-refractivity contribution is 6.02. The molecule has 3 N–H and O–H groups in total. The number of aromatic nitrogens is 2. The third-order valence-electron chi connectivity index (χ3n) is 4.92. The second-order valence-electron chi connectivity index (χ2n) is 6.68. The van der Waals surface area contributed by atoms with Gasteiger partial charge >= 0.3 is 0 Å². The van der Waals surface area contributed by atoms with E-state index in [1.54, 1.807) is 0 Å². The van der Waals surface area contributed by atoms with Crippen LogP contribution in [0.1, 0.15) is 24.0 Å². The molecule has 0 spiro atoms. The van der Waals surface area contributed by atoms with Gasteiger partial charge in [0, 0.05) is 24.4 Å². The zero-order valence-electron chi connectivity index (χ0n) is 13.2. The molecule has 0 saturated heterocycles. The maximum absolute atomic E-state index is 12.0. The maximum Gasteiger partial charge on any atom is 0.228 e. The van der Waals surface area contributed by atoms with E-state index in [2.05, 4.69) is 51.2 Å². The van der Waals surface area contributed by atoms with Crippen LogP contribution in [-0.4, -0.2) is 16.1 Å². The number of amides is 1. The highest BCUT2D eigenvalue weighted by Gasteiger charge is 2.30. The number of nitrogens with one attached hydrogen (secondary N) is 3. The van der Waals surface area contributed by atoms with Gasteiger partial charge in [-0.3, -0.25) is 9.89 Å². The van der Waals surface area contributed by atoms with Gasteiger partial charge in [0.1, 0.15) is 0 Å². The normalized spacial score (nSPS) is 16.3. The van der Waals surface area contributed by atoms with Crippen molar-refractivity contribution >= 4 is 22.6 Å². The van der Waals surface area contributed by atoms with E-state index in [-0.39, 0.29) is 11.8 Å². The summed E-state index contributed by atoms with van der Waals surface area (Å²) in [7, 11) is 0. The smallest absolute Gasteiger partial charge is 0.228 e. The van der Waals surface area contributed by atoms with Crippen molar-refractivity contribution in [3.05, 3.63) is 47.5 Å². The molecule has 2 aliphatic rings. The molecule has 1 aromatic heterocycles. The first-order valence-corrected chi connectivity index (χ1v) is 8.40. The molecular weight excluding hydrogens is 300 g/mol. The van der Waals surface area contributed by atoms with Crippen LogP contribution in [-0.2, 0) is 17.9 Å². The van der Waals surface area contributed by atoms with Crippen molar-refractivity contribution in [2.75, 3.05) is 5.32 Å². The van der Waals surface area contributed by atoms with Gasteiger partial charge in [-0.2, -0.15) is 5.10 Å². The predicted molar refractivity (Wildman–Crippen MR) is 93.4 cm³/mol. The molecule has 24 heavy (non-hydrogen) atoms. The number of hydrogen-bond donors (Lipinski definition) is 3. The molecular formula is C19H18N4O. The van der Waals surface area contributed by atoms with Crippen molar-refractivity contribution in [1.29, 1.82) is 0 Å². The van der Waals surface area contributed by atoms with E-state index in [4.69, 9.17) is 0 Å². The minimum atomic E-state index is 0.0809. The van der Waals surface area contributed by atoms with Gasteiger partial charge in [0.25, 0.3) is 0 Å². The molecule has 1 saturated carbocycles. The molecule has 1 aliphatic carbocycles. The average Bonchev–Trinajstić information content (AvgIpc) is 3.23. The van der Waals surface area contributed by atoms with E-state index >= 15 is 0 Å². The minimum Gasteiger partial charge on any atom is -0.309 e. The van der Waals surface area contributed by atoms with E-state index in [1.165, 1.54) is 16.7 Å². The van der Waals surface area contributed by atoms with E-state index in [1.807, 2.05) is 6.07 Å². The number of anilines is 1. The first-order valence-electron chi connectivity index (χ1n) is 8.40. The summed E-state index contributed by atoms with van der Waals surface area (Å²) < 4.78 is 0. The molecule has 5 heteroatoms. The molecule has 0 unspecified atom stereocenters. The molecule has 1 amide bonds. The first-order chi connectivity index (χ1) is 11.8. The SMILES string of the molecule is O=C(Nc1n[nH]c2ccc(-c3ccc4c(c3)CNC4)cc12)C1CC1. The number of nitrogens with zero attached hydrogens (tertiary/aromatic N) is 1. The Balaban J connectivity index is 1.53. The molecule has 3 aromatic rings. The lowest BCUT2D eigenvalue weighted by atomic mass is 9.99. The average molecular weight is 318 g/mol. The standard InChI is InChI=1S/C19H18N4O/c24-19(11-1-2-11)21-18-16-8-13(5-6-17(16)22-23-18)12-3-4-14-9-20-10-15(14)7-12/h3-8,11,20H,1-2,9-10H2,(H2,21,22,23,24). The second-order valence-corrected chi connectivity index (χ2v) is 6.68. The number of fused-ring (bicyclic) bond motifs is 2. The van der Waals surface area contributed by atoms with Crippen molar-refractivity contribution in [2.45, 2.75) is 25.9 Å². The van der Waals surface area contributed by atoms with Crippen molar-refractivity contribution in [1.82, 2.24) is 15.5 Å². The fourth-order valence-corrected chi connectivity index (χ4v) is 3.33. The first kappa shape index (κ1) is 13.7. The van der Waals surface area contributed by atoms with E-state index in [9.17, 15) is 4.79 Å². The van der Waals surface area contributed by atoms with Crippen LogP contribution in [0.4, 0.5) is 5.82 Å². The molecule has 2 aromatic carbocycles. The highest BCUT2D eigenvalue weighted by Crippen LogP contribution is 2.33. The topological polar surface area (TPSA) is 69.8 Å². The van der Waals surface area contributed by atoms with Crippen molar-refractivity contribution < 1.29 is 4.79 Å².